The van der Waals surface area contributed by atoms with Gasteiger partial charge in [-0.2, -0.15) is 18.3 Å². The molecule has 2 aliphatic rings. The topological polar surface area (TPSA) is 77.4 Å². The van der Waals surface area contributed by atoms with E-state index in [1.165, 1.54) is 6.07 Å². The van der Waals surface area contributed by atoms with Gasteiger partial charge in [-0.15, -0.1) is 0 Å². The highest BCUT2D eigenvalue weighted by atomic mass is 79.9. The number of anilines is 2. The Morgan fingerprint density at radius 1 is 1.12 bits per heavy atom. The number of rotatable bonds is 3. The molecule has 3 aromatic rings. The van der Waals surface area contributed by atoms with Gasteiger partial charge in [0, 0.05) is 28.7 Å². The fourth-order valence-electron chi connectivity index (χ4n) is 3.77. The number of fused-ring (bicyclic) bond motifs is 2. The summed E-state index contributed by atoms with van der Waals surface area (Å²) < 4.78 is 53.7. The first kappa shape index (κ1) is 20.7. The number of halogens is 4. The Labute approximate surface area is 188 Å². The van der Waals surface area contributed by atoms with Crippen LogP contribution in [0.4, 0.5) is 24.7 Å². The van der Waals surface area contributed by atoms with Crippen molar-refractivity contribution in [3.63, 3.8) is 0 Å². The Bertz CT molecular complexity index is 1180. The number of alkyl halides is 3. The van der Waals surface area contributed by atoms with Crippen LogP contribution < -0.4 is 20.1 Å². The van der Waals surface area contributed by atoms with Crippen LogP contribution in [0.2, 0.25) is 0 Å². The molecule has 0 bridgehead atoms. The van der Waals surface area contributed by atoms with Crippen LogP contribution in [0.25, 0.3) is 0 Å². The highest BCUT2D eigenvalue weighted by Crippen LogP contribution is 2.44. The second kappa shape index (κ2) is 7.73. The van der Waals surface area contributed by atoms with Crippen molar-refractivity contribution in [3.05, 3.63) is 64.3 Å². The van der Waals surface area contributed by atoms with E-state index < -0.39 is 24.2 Å². The second-order valence-electron chi connectivity index (χ2n) is 7.42. The molecule has 2 N–H and O–H groups in total. The standard InChI is InChI=1S/C21H16BrF3N4O3/c22-12-3-1-11(2-4-12)14-8-18(21(23,24)25)29-19(27-14)9-15(28-29)20(30)26-13-5-6-16-17(7-13)32-10-31-16/h1-7,9,14,18,27H,8,10H2,(H,26,30)/t14-,18+/m1/s1. The monoisotopic (exact) mass is 508 g/mol. The zero-order valence-electron chi connectivity index (χ0n) is 16.3. The molecule has 3 heterocycles. The lowest BCUT2D eigenvalue weighted by Gasteiger charge is -2.33. The molecule has 32 heavy (non-hydrogen) atoms. The van der Waals surface area contributed by atoms with E-state index in [1.807, 2.05) is 0 Å². The zero-order chi connectivity index (χ0) is 22.5. The minimum atomic E-state index is -4.53. The Morgan fingerprint density at radius 2 is 1.88 bits per heavy atom. The molecule has 2 aromatic carbocycles. The maximum atomic E-state index is 13.8. The summed E-state index contributed by atoms with van der Waals surface area (Å²) in [6.45, 7) is 0.0878. The second-order valence-corrected chi connectivity index (χ2v) is 8.34. The van der Waals surface area contributed by atoms with E-state index in [2.05, 4.69) is 31.7 Å². The van der Waals surface area contributed by atoms with Crippen molar-refractivity contribution < 1.29 is 27.4 Å². The van der Waals surface area contributed by atoms with Gasteiger partial charge in [-0.05, 0) is 29.8 Å². The molecular weight excluding hydrogens is 493 g/mol. The fraction of sp³-hybridized carbons (Fsp3) is 0.238. The van der Waals surface area contributed by atoms with Gasteiger partial charge in [0.2, 0.25) is 6.79 Å². The SMILES string of the molecule is O=C(Nc1ccc2c(c1)OCO2)c1cc2n(n1)[C@H](C(F)(F)F)C[C@H](c1ccc(Br)cc1)N2. The molecule has 2 atom stereocenters. The summed E-state index contributed by atoms with van der Waals surface area (Å²) in [4.78, 5) is 12.7. The molecule has 0 saturated heterocycles. The Kier molecular flexibility index (Phi) is 5.00. The van der Waals surface area contributed by atoms with Crippen LogP contribution >= 0.6 is 15.9 Å². The lowest BCUT2D eigenvalue weighted by Crippen LogP contribution is -2.35. The van der Waals surface area contributed by atoms with E-state index in [-0.39, 0.29) is 24.7 Å². The van der Waals surface area contributed by atoms with Gasteiger partial charge in [-0.1, -0.05) is 28.1 Å². The number of nitrogens with zero attached hydrogens (tertiary/aromatic N) is 2. The average molecular weight is 509 g/mol. The first-order valence-corrected chi connectivity index (χ1v) is 10.5. The largest absolute Gasteiger partial charge is 0.454 e. The van der Waals surface area contributed by atoms with E-state index in [1.54, 1.807) is 42.5 Å². The number of carbonyl (C=O) groups is 1. The highest BCUT2D eigenvalue weighted by molar-refractivity contribution is 9.10. The van der Waals surface area contributed by atoms with Crippen LogP contribution in [0.3, 0.4) is 0 Å². The number of aromatic nitrogens is 2. The van der Waals surface area contributed by atoms with Gasteiger partial charge in [0.05, 0.1) is 6.04 Å². The zero-order valence-corrected chi connectivity index (χ0v) is 17.9. The Hall–Kier alpha value is -3.21. The van der Waals surface area contributed by atoms with Crippen molar-refractivity contribution >= 4 is 33.3 Å². The maximum absolute atomic E-state index is 13.8. The minimum absolute atomic E-state index is 0.0878. The molecule has 2 aliphatic heterocycles. The molecule has 1 amide bonds. The molecular formula is C21H16BrF3N4O3. The summed E-state index contributed by atoms with van der Waals surface area (Å²) in [6.07, 6.45) is -4.77. The molecule has 0 radical (unpaired) electrons. The third kappa shape index (κ3) is 3.88. The van der Waals surface area contributed by atoms with E-state index in [0.717, 1.165) is 9.15 Å². The summed E-state index contributed by atoms with van der Waals surface area (Å²) in [5.74, 6) is 0.524. The number of carbonyl (C=O) groups excluding carboxylic acids is 1. The molecule has 1 aromatic heterocycles. The molecule has 11 heteroatoms. The van der Waals surface area contributed by atoms with Gasteiger partial charge in [-0.3, -0.25) is 4.79 Å². The average Bonchev–Trinajstić information content (AvgIpc) is 3.39. The smallest absolute Gasteiger partial charge is 0.410 e. The quantitative estimate of drug-likeness (QED) is 0.502. The summed E-state index contributed by atoms with van der Waals surface area (Å²) >= 11 is 3.33. The summed E-state index contributed by atoms with van der Waals surface area (Å²) in [5.41, 5.74) is 0.996. The number of hydrogen-bond acceptors (Lipinski definition) is 5. The molecule has 0 saturated carbocycles. The normalized spacial score (nSPS) is 19.2. The Balaban J connectivity index is 1.42. The third-order valence-electron chi connectivity index (χ3n) is 5.33. The van der Waals surface area contributed by atoms with Gasteiger partial charge < -0.3 is 20.1 Å². The van der Waals surface area contributed by atoms with Gasteiger partial charge in [0.1, 0.15) is 5.82 Å². The summed E-state index contributed by atoms with van der Waals surface area (Å²) in [5, 5.41) is 9.68. The van der Waals surface area contributed by atoms with Crippen molar-refractivity contribution in [2.45, 2.75) is 24.7 Å². The van der Waals surface area contributed by atoms with Crippen molar-refractivity contribution in [2.75, 3.05) is 17.4 Å². The number of hydrogen-bond donors (Lipinski definition) is 2. The molecule has 0 aliphatic carbocycles. The van der Waals surface area contributed by atoms with Crippen LogP contribution in [0.5, 0.6) is 11.5 Å². The molecule has 7 nitrogen and oxygen atoms in total. The number of amides is 1. The van der Waals surface area contributed by atoms with E-state index >= 15 is 0 Å². The molecule has 0 fully saturated rings. The number of benzene rings is 2. The number of ether oxygens (including phenoxy) is 2. The van der Waals surface area contributed by atoms with Crippen LogP contribution in [0.1, 0.15) is 34.6 Å². The van der Waals surface area contributed by atoms with Gasteiger partial charge in [0.15, 0.2) is 23.2 Å². The fourth-order valence-corrected chi connectivity index (χ4v) is 4.03. The lowest BCUT2D eigenvalue weighted by atomic mass is 9.97. The van der Waals surface area contributed by atoms with Crippen molar-refractivity contribution in [2.24, 2.45) is 0 Å². The minimum Gasteiger partial charge on any atom is -0.454 e. The maximum Gasteiger partial charge on any atom is 0.410 e. The van der Waals surface area contributed by atoms with Crippen LogP contribution in [0.15, 0.2) is 53.0 Å². The molecule has 0 spiro atoms. The van der Waals surface area contributed by atoms with Gasteiger partial charge in [-0.25, -0.2) is 4.68 Å². The predicted octanol–water partition coefficient (Wildman–Crippen LogP) is 5.29. The first-order valence-electron chi connectivity index (χ1n) is 9.67. The van der Waals surface area contributed by atoms with Crippen LogP contribution in [-0.2, 0) is 0 Å². The highest BCUT2D eigenvalue weighted by Gasteiger charge is 2.46. The molecule has 166 valence electrons. The van der Waals surface area contributed by atoms with Crippen molar-refractivity contribution in [1.29, 1.82) is 0 Å². The van der Waals surface area contributed by atoms with Gasteiger partial charge >= 0.3 is 6.18 Å². The third-order valence-corrected chi connectivity index (χ3v) is 5.85. The van der Waals surface area contributed by atoms with E-state index in [0.29, 0.717) is 22.7 Å². The predicted molar refractivity (Wildman–Crippen MR) is 113 cm³/mol. The molecule has 0 unspecified atom stereocenters. The van der Waals surface area contributed by atoms with E-state index in [4.69, 9.17) is 9.47 Å². The van der Waals surface area contributed by atoms with Crippen LogP contribution in [-0.4, -0.2) is 28.7 Å². The summed E-state index contributed by atoms with van der Waals surface area (Å²) in [7, 11) is 0. The van der Waals surface area contributed by atoms with E-state index in [9.17, 15) is 18.0 Å². The van der Waals surface area contributed by atoms with Gasteiger partial charge in [0.25, 0.3) is 5.91 Å². The first-order chi connectivity index (χ1) is 15.3. The van der Waals surface area contributed by atoms with Crippen molar-refractivity contribution in [1.82, 2.24) is 9.78 Å². The summed E-state index contributed by atoms with van der Waals surface area (Å²) in [6, 6.07) is 10.8. The molecule has 5 rings (SSSR count). The lowest BCUT2D eigenvalue weighted by molar-refractivity contribution is -0.173. The van der Waals surface area contributed by atoms with Crippen molar-refractivity contribution in [3.8, 4) is 11.5 Å². The Morgan fingerprint density at radius 3 is 2.62 bits per heavy atom. The number of nitrogens with one attached hydrogen (secondary N) is 2. The van der Waals surface area contributed by atoms with Crippen LogP contribution in [0, 0.1) is 0 Å².